The molecule has 3 nitrogen and oxygen atoms in total. The van der Waals surface area contributed by atoms with Crippen LogP contribution in [-0.4, -0.2) is 22.4 Å². The number of carboxylic acid groups (broad SMARTS) is 1. The van der Waals surface area contributed by atoms with Crippen LogP contribution >= 0.6 is 27.7 Å². The lowest BCUT2D eigenvalue weighted by Gasteiger charge is -2.18. The van der Waals surface area contributed by atoms with E-state index in [2.05, 4.69) is 22.0 Å². The lowest BCUT2D eigenvalue weighted by Crippen LogP contribution is -2.44. The Hall–Kier alpha value is -0.520. The van der Waals surface area contributed by atoms with Crippen molar-refractivity contribution in [2.75, 3.05) is 5.75 Å². The maximum atomic E-state index is 10.8. The molecule has 100 valence electrons. The molecule has 0 aromatic heterocycles. The molecule has 0 spiro atoms. The van der Waals surface area contributed by atoms with Gasteiger partial charge in [0.15, 0.2) is 0 Å². The summed E-state index contributed by atoms with van der Waals surface area (Å²) in [6.07, 6.45) is 2.31. The van der Waals surface area contributed by atoms with Crippen molar-refractivity contribution in [3.63, 3.8) is 0 Å². The fraction of sp³-hybridized carbons (Fsp3) is 0.462. The van der Waals surface area contributed by atoms with Gasteiger partial charge in [0.25, 0.3) is 0 Å². The Balaban J connectivity index is 2.24. The van der Waals surface area contributed by atoms with Crippen molar-refractivity contribution >= 4 is 33.7 Å². The SMILES string of the molecule is CC(N)(CCCCSc1ccccc1Br)C(=O)O. The van der Waals surface area contributed by atoms with Crippen LogP contribution in [0.15, 0.2) is 33.6 Å². The van der Waals surface area contributed by atoms with Crippen LogP contribution in [0.3, 0.4) is 0 Å². The van der Waals surface area contributed by atoms with E-state index in [1.807, 2.05) is 18.2 Å². The summed E-state index contributed by atoms with van der Waals surface area (Å²) in [7, 11) is 0. The topological polar surface area (TPSA) is 63.3 Å². The van der Waals surface area contributed by atoms with Gasteiger partial charge >= 0.3 is 5.97 Å². The Bertz CT molecular complexity index is 410. The van der Waals surface area contributed by atoms with Gasteiger partial charge in [0, 0.05) is 9.37 Å². The van der Waals surface area contributed by atoms with Crippen LogP contribution < -0.4 is 5.73 Å². The number of carboxylic acids is 1. The summed E-state index contributed by atoms with van der Waals surface area (Å²) in [6.45, 7) is 1.57. The highest BCUT2D eigenvalue weighted by Gasteiger charge is 2.26. The molecule has 0 aliphatic carbocycles. The molecule has 0 bridgehead atoms. The Morgan fingerprint density at radius 2 is 2.11 bits per heavy atom. The standard InChI is InChI=1S/C13H18BrNO2S/c1-13(15,12(16)17)8-4-5-9-18-11-7-3-2-6-10(11)14/h2-3,6-7H,4-5,8-9,15H2,1H3,(H,16,17). The van der Waals surface area contributed by atoms with E-state index in [4.69, 9.17) is 10.8 Å². The third-order valence-corrected chi connectivity index (χ3v) is 4.79. The highest BCUT2D eigenvalue weighted by atomic mass is 79.9. The zero-order valence-electron chi connectivity index (χ0n) is 10.4. The number of halogens is 1. The Morgan fingerprint density at radius 3 is 2.72 bits per heavy atom. The van der Waals surface area contributed by atoms with E-state index < -0.39 is 11.5 Å². The number of rotatable bonds is 7. The van der Waals surface area contributed by atoms with Crippen LogP contribution in [0.25, 0.3) is 0 Å². The van der Waals surface area contributed by atoms with Crippen molar-refractivity contribution in [3.8, 4) is 0 Å². The summed E-state index contributed by atoms with van der Waals surface area (Å²) in [5.74, 6) is 0.0409. The quantitative estimate of drug-likeness (QED) is 0.592. The van der Waals surface area contributed by atoms with Crippen molar-refractivity contribution in [1.82, 2.24) is 0 Å². The molecular formula is C13H18BrNO2S. The molecule has 1 rings (SSSR count). The largest absolute Gasteiger partial charge is 0.480 e. The van der Waals surface area contributed by atoms with E-state index in [-0.39, 0.29) is 0 Å². The van der Waals surface area contributed by atoms with Gasteiger partial charge in [-0.15, -0.1) is 11.8 Å². The summed E-state index contributed by atoms with van der Waals surface area (Å²) < 4.78 is 1.10. The van der Waals surface area contributed by atoms with Crippen LogP contribution in [0.5, 0.6) is 0 Å². The van der Waals surface area contributed by atoms with Gasteiger partial charge < -0.3 is 10.8 Å². The molecule has 3 N–H and O–H groups in total. The maximum absolute atomic E-state index is 10.8. The van der Waals surface area contributed by atoms with Gasteiger partial charge in [-0.2, -0.15) is 0 Å². The molecule has 5 heteroatoms. The summed E-state index contributed by atoms with van der Waals surface area (Å²) in [5.41, 5.74) is 4.56. The monoisotopic (exact) mass is 331 g/mol. The van der Waals surface area contributed by atoms with Crippen molar-refractivity contribution in [3.05, 3.63) is 28.7 Å². The second kappa shape index (κ2) is 7.16. The Labute approximate surface area is 120 Å². The number of hydrogen-bond acceptors (Lipinski definition) is 3. The number of thioether (sulfide) groups is 1. The van der Waals surface area contributed by atoms with Gasteiger partial charge in [0.05, 0.1) is 0 Å². The van der Waals surface area contributed by atoms with Crippen molar-refractivity contribution in [1.29, 1.82) is 0 Å². The summed E-state index contributed by atoms with van der Waals surface area (Å²) in [6, 6.07) is 8.08. The number of nitrogens with two attached hydrogens (primary N) is 1. The molecule has 0 amide bonds. The van der Waals surface area contributed by atoms with E-state index >= 15 is 0 Å². The Morgan fingerprint density at radius 1 is 1.44 bits per heavy atom. The first-order chi connectivity index (χ1) is 8.43. The molecule has 1 aromatic rings. The average Bonchev–Trinajstić information content (AvgIpc) is 2.30. The highest BCUT2D eigenvalue weighted by Crippen LogP contribution is 2.28. The first kappa shape index (κ1) is 15.5. The minimum absolute atomic E-state index is 0.513. The second-order valence-corrected chi connectivity index (χ2v) is 6.45. The summed E-state index contributed by atoms with van der Waals surface area (Å²) >= 11 is 5.27. The average molecular weight is 332 g/mol. The molecular weight excluding hydrogens is 314 g/mol. The molecule has 1 unspecified atom stereocenters. The van der Waals surface area contributed by atoms with Crippen LogP contribution in [-0.2, 0) is 4.79 Å². The van der Waals surface area contributed by atoms with Gasteiger partial charge in [-0.05, 0) is 53.6 Å². The van der Waals surface area contributed by atoms with Crippen LogP contribution in [0.4, 0.5) is 0 Å². The van der Waals surface area contributed by atoms with Gasteiger partial charge in [-0.1, -0.05) is 18.6 Å². The zero-order valence-corrected chi connectivity index (χ0v) is 12.8. The van der Waals surface area contributed by atoms with Gasteiger partial charge in [-0.25, -0.2) is 0 Å². The fourth-order valence-electron chi connectivity index (χ4n) is 1.45. The van der Waals surface area contributed by atoms with E-state index in [0.29, 0.717) is 6.42 Å². The van der Waals surface area contributed by atoms with Crippen molar-refractivity contribution < 1.29 is 9.90 Å². The molecule has 0 saturated heterocycles. The number of carbonyl (C=O) groups is 1. The molecule has 1 atom stereocenters. The first-order valence-corrected chi connectivity index (χ1v) is 7.61. The van der Waals surface area contributed by atoms with Crippen molar-refractivity contribution in [2.45, 2.75) is 36.6 Å². The molecule has 0 aliphatic rings. The highest BCUT2D eigenvalue weighted by molar-refractivity contribution is 9.10. The van der Waals surface area contributed by atoms with Gasteiger partial charge in [0.1, 0.15) is 5.54 Å². The molecule has 0 fully saturated rings. The van der Waals surface area contributed by atoms with Crippen LogP contribution in [0.1, 0.15) is 26.2 Å². The molecule has 0 saturated carbocycles. The smallest absolute Gasteiger partial charge is 0.323 e. The van der Waals surface area contributed by atoms with E-state index in [9.17, 15) is 4.79 Å². The van der Waals surface area contributed by atoms with Crippen LogP contribution in [0.2, 0.25) is 0 Å². The minimum atomic E-state index is -1.10. The zero-order chi connectivity index (χ0) is 13.6. The third kappa shape index (κ3) is 5.00. The van der Waals surface area contributed by atoms with Gasteiger partial charge in [-0.3, -0.25) is 4.79 Å². The first-order valence-electron chi connectivity index (χ1n) is 5.83. The molecule has 0 aliphatic heterocycles. The number of benzene rings is 1. The van der Waals surface area contributed by atoms with Crippen molar-refractivity contribution in [2.24, 2.45) is 5.73 Å². The number of hydrogen-bond donors (Lipinski definition) is 2. The van der Waals surface area contributed by atoms with E-state index in [1.165, 1.54) is 4.90 Å². The van der Waals surface area contributed by atoms with Crippen LogP contribution in [0, 0.1) is 0 Å². The third-order valence-electron chi connectivity index (χ3n) is 2.67. The molecule has 18 heavy (non-hydrogen) atoms. The second-order valence-electron chi connectivity index (χ2n) is 4.46. The normalized spacial score (nSPS) is 14.2. The van der Waals surface area contributed by atoms with E-state index in [1.54, 1.807) is 18.7 Å². The molecule has 0 heterocycles. The lowest BCUT2D eigenvalue weighted by atomic mass is 9.97. The molecule has 0 radical (unpaired) electrons. The number of unbranched alkanes of at least 4 members (excludes halogenated alkanes) is 1. The predicted octanol–water partition coefficient (Wildman–Crippen LogP) is 3.51. The minimum Gasteiger partial charge on any atom is -0.480 e. The summed E-state index contributed by atoms with van der Waals surface area (Å²) in [4.78, 5) is 12.0. The summed E-state index contributed by atoms with van der Waals surface area (Å²) in [5, 5.41) is 8.88. The Kier molecular flexibility index (Phi) is 6.18. The number of aliphatic carboxylic acids is 1. The van der Waals surface area contributed by atoms with E-state index in [0.717, 1.165) is 23.1 Å². The lowest BCUT2D eigenvalue weighted by molar-refractivity contribution is -0.142. The predicted molar refractivity (Wildman–Crippen MR) is 78.9 cm³/mol. The fourth-order valence-corrected chi connectivity index (χ4v) is 3.02. The maximum Gasteiger partial charge on any atom is 0.323 e. The molecule has 1 aromatic carbocycles. The van der Waals surface area contributed by atoms with Gasteiger partial charge in [0.2, 0.25) is 0 Å².